The molecule has 6 rings (SSSR count). The highest BCUT2D eigenvalue weighted by Gasteiger charge is 2.36. The van der Waals surface area contributed by atoms with Gasteiger partial charge in [-0.2, -0.15) is 0 Å². The average Bonchev–Trinajstić information content (AvgIpc) is 3.47. The van der Waals surface area contributed by atoms with Crippen LogP contribution in [-0.4, -0.2) is 0 Å². The van der Waals surface area contributed by atoms with Gasteiger partial charge < -0.3 is 4.42 Å². The number of rotatable bonds is 2. The Labute approximate surface area is 190 Å². The Kier molecular flexibility index (Phi) is 1.58. The van der Waals surface area contributed by atoms with Crippen LogP contribution in [0.2, 0.25) is 0 Å². The molecule has 4 aromatic carbocycles. The van der Waals surface area contributed by atoms with E-state index in [0.717, 1.165) is 0 Å². The molecule has 0 saturated carbocycles. The van der Waals surface area contributed by atoms with Crippen LogP contribution in [0.1, 0.15) is 41.4 Å². The Balaban J connectivity index is 1.80. The van der Waals surface area contributed by atoms with E-state index in [1.165, 1.54) is 0 Å². The van der Waals surface area contributed by atoms with Crippen molar-refractivity contribution in [3.63, 3.8) is 0 Å². The molecule has 0 saturated heterocycles. The summed E-state index contributed by atoms with van der Waals surface area (Å²) in [6, 6.07) is -8.01. The number of hydrogen-bond donors (Lipinski definition) is 0. The summed E-state index contributed by atoms with van der Waals surface area (Å²) in [5.41, 5.74) is -3.70. The molecule has 136 valence electrons. The van der Waals surface area contributed by atoms with E-state index in [4.69, 9.17) is 37.5 Å². The second kappa shape index (κ2) is 5.84. The van der Waals surface area contributed by atoms with E-state index in [9.17, 15) is 0 Å². The highest BCUT2D eigenvalue weighted by Crippen LogP contribution is 2.49. The molecular weight excluding hydrogens is 352 g/mol. The first-order valence-corrected chi connectivity index (χ1v) is 8.69. The molecule has 0 fully saturated rings. The Bertz CT molecular complexity index is 2130. The Morgan fingerprint density at radius 3 is 2.34 bits per heavy atom. The minimum absolute atomic E-state index is 0.0809. The fourth-order valence-electron chi connectivity index (χ4n) is 3.83. The minimum Gasteiger partial charge on any atom is -0.456 e. The van der Waals surface area contributed by atoms with E-state index in [1.54, 1.807) is 0 Å². The lowest BCUT2D eigenvalue weighted by atomic mass is 9.82. The number of fused-ring (bicyclic) bond motifs is 6. The van der Waals surface area contributed by atoms with E-state index in [-0.39, 0.29) is 55.3 Å². The lowest BCUT2D eigenvalue weighted by molar-refractivity contribution is 0.668. The maximum absolute atomic E-state index is 8.81. The van der Waals surface area contributed by atoms with Crippen LogP contribution < -0.4 is 0 Å². The van der Waals surface area contributed by atoms with Crippen LogP contribution in [0.25, 0.3) is 33.1 Å². The number of furan rings is 1. The van der Waals surface area contributed by atoms with Gasteiger partial charge in [-0.1, -0.05) is 72.5 Å². The van der Waals surface area contributed by atoms with Crippen LogP contribution in [0.4, 0.5) is 0 Å². The highest BCUT2D eigenvalue weighted by molar-refractivity contribution is 6.06. The lowest BCUT2D eigenvalue weighted by Gasteiger charge is -2.20. The summed E-state index contributed by atoms with van der Waals surface area (Å²) in [7, 11) is 0. The van der Waals surface area contributed by atoms with Crippen molar-refractivity contribution in [2.45, 2.75) is 11.8 Å². The molecule has 1 heterocycles. The molecule has 0 unspecified atom stereocenters. The number of hydrogen-bond acceptors (Lipinski definition) is 1. The SMILES string of the molecule is [2H]c1c([2H])c([2H])c2c(c1[2H])-c1c(Cc3c([2H])c([2H])c([2H])c4oc5c([2H])c([2H])c([2H])c([2H])c5c34)c([2H])c([2H])c([2H])c1C2([CH])[CH]. The van der Waals surface area contributed by atoms with Crippen molar-refractivity contribution in [3.05, 3.63) is 121 Å². The van der Waals surface area contributed by atoms with Crippen molar-refractivity contribution in [2.75, 3.05) is 0 Å². The van der Waals surface area contributed by atoms with Crippen molar-refractivity contribution < 1.29 is 23.6 Å². The Morgan fingerprint density at radius 1 is 0.724 bits per heavy atom. The molecule has 0 aliphatic heterocycles. The molecule has 1 aromatic heterocycles. The van der Waals surface area contributed by atoms with Gasteiger partial charge in [0.15, 0.2) is 0 Å². The Hall–Kier alpha value is -3.32. The van der Waals surface area contributed by atoms with E-state index in [1.807, 2.05) is 0 Å². The first-order valence-electron chi connectivity index (χ1n) is 15.7. The maximum Gasteiger partial charge on any atom is 0.135 e. The topological polar surface area (TPSA) is 13.1 Å². The van der Waals surface area contributed by atoms with Crippen LogP contribution in [0.3, 0.4) is 0 Å². The van der Waals surface area contributed by atoms with Gasteiger partial charge in [0.2, 0.25) is 0 Å². The van der Waals surface area contributed by atoms with Gasteiger partial charge in [-0.25, -0.2) is 0 Å². The van der Waals surface area contributed by atoms with Crippen LogP contribution in [0.15, 0.2) is 89.0 Å². The van der Waals surface area contributed by atoms with E-state index < -0.39 is 96.4 Å². The molecule has 0 amide bonds. The molecule has 1 aliphatic carbocycles. The zero-order valence-electron chi connectivity index (χ0n) is 28.8. The van der Waals surface area contributed by atoms with Gasteiger partial charge in [0.25, 0.3) is 0 Å². The van der Waals surface area contributed by atoms with Gasteiger partial charge in [0, 0.05) is 16.2 Å². The van der Waals surface area contributed by atoms with Crippen molar-refractivity contribution in [2.24, 2.45) is 0 Å². The monoisotopic (exact) mass is 384 g/mol. The largest absolute Gasteiger partial charge is 0.456 e. The maximum atomic E-state index is 8.81. The summed E-state index contributed by atoms with van der Waals surface area (Å²) in [5.74, 6) is 0. The van der Waals surface area contributed by atoms with Gasteiger partial charge in [0.1, 0.15) is 11.2 Å². The summed E-state index contributed by atoms with van der Waals surface area (Å²) in [4.78, 5) is 0. The first-order chi connectivity index (χ1) is 20.0. The van der Waals surface area contributed by atoms with Gasteiger partial charge >= 0.3 is 0 Å². The third-order valence-electron chi connectivity index (χ3n) is 5.10. The average molecular weight is 385 g/mol. The molecule has 5 aromatic rings. The molecule has 1 aliphatic rings. The van der Waals surface area contributed by atoms with Crippen LogP contribution >= 0.6 is 0 Å². The summed E-state index contributed by atoms with van der Waals surface area (Å²) in [5, 5.41) is -0.235. The third kappa shape index (κ3) is 2.28. The van der Waals surface area contributed by atoms with Gasteiger partial charge in [0.05, 0.1) is 19.2 Å². The fourth-order valence-corrected chi connectivity index (χ4v) is 3.83. The summed E-state index contributed by atoms with van der Waals surface area (Å²) < 4.78 is 124. The van der Waals surface area contributed by atoms with Gasteiger partial charge in [-0.05, 0) is 65.7 Å². The fraction of sp³-hybridized carbons (Fsp3) is 0.0714. The van der Waals surface area contributed by atoms with Crippen molar-refractivity contribution in [3.8, 4) is 11.1 Å². The van der Waals surface area contributed by atoms with Crippen LogP contribution in [0, 0.1) is 13.8 Å². The predicted octanol–water partition coefficient (Wildman–Crippen LogP) is 6.87. The standard InChI is InChI=1S/C28H18O/c1-28(2)22-13-5-3-11-20(22)26-18(9-7-14-23(26)28)17-19-10-8-16-25-27(19)21-12-4-6-15-24(21)29-25/h1-16H,17H2/i3D,4D,5D,6D,7D,8D,9D,10D,11D,12D,13D,14D,15D,16D. The quantitative estimate of drug-likeness (QED) is 0.324. The molecule has 0 spiro atoms. The zero-order chi connectivity index (χ0) is 31.8. The van der Waals surface area contributed by atoms with E-state index in [2.05, 4.69) is 0 Å². The molecule has 0 atom stereocenters. The molecular formula is C28H18O. The first kappa shape index (κ1) is 7.84. The summed E-state index contributed by atoms with van der Waals surface area (Å²) in [6.07, 6.45) is -0.496. The highest BCUT2D eigenvalue weighted by atomic mass is 16.3. The zero-order valence-corrected chi connectivity index (χ0v) is 14.8. The summed E-state index contributed by atoms with van der Waals surface area (Å²) >= 11 is 0. The van der Waals surface area contributed by atoms with Crippen molar-refractivity contribution in [1.82, 2.24) is 0 Å². The second-order valence-corrected chi connectivity index (χ2v) is 6.76. The van der Waals surface area contributed by atoms with E-state index >= 15 is 0 Å². The normalized spacial score (nSPS) is 21.0. The number of benzene rings is 4. The predicted molar refractivity (Wildman–Crippen MR) is 118 cm³/mol. The van der Waals surface area contributed by atoms with Crippen LogP contribution in [-0.2, 0) is 11.8 Å². The van der Waals surface area contributed by atoms with Crippen molar-refractivity contribution >= 4 is 21.9 Å². The van der Waals surface area contributed by atoms with Gasteiger partial charge in [-0.15, -0.1) is 0 Å². The molecule has 4 radical (unpaired) electrons. The third-order valence-corrected chi connectivity index (χ3v) is 5.10. The van der Waals surface area contributed by atoms with Crippen LogP contribution in [0.5, 0.6) is 0 Å². The summed E-state index contributed by atoms with van der Waals surface area (Å²) in [6.45, 7) is 12.9. The molecule has 1 nitrogen and oxygen atoms in total. The smallest absolute Gasteiger partial charge is 0.135 e. The molecule has 0 N–H and O–H groups in total. The van der Waals surface area contributed by atoms with Crippen molar-refractivity contribution in [1.29, 1.82) is 0 Å². The van der Waals surface area contributed by atoms with E-state index in [0.29, 0.717) is 0 Å². The second-order valence-electron chi connectivity index (χ2n) is 6.76. The number of para-hydroxylation sites is 1. The molecule has 0 bridgehead atoms. The molecule has 29 heavy (non-hydrogen) atoms. The molecule has 1 heteroatoms. The lowest BCUT2D eigenvalue weighted by Crippen LogP contribution is -2.15. The van der Waals surface area contributed by atoms with Gasteiger partial charge in [-0.3, -0.25) is 0 Å². The minimum atomic E-state index is -2.16. The Morgan fingerprint density at radius 2 is 1.41 bits per heavy atom.